The standard InChI is InChI=1S/C19H22N2O3/c1-24-18-9-5-3-7-16(18)21-12-10-14(11-13-21)20-19(23)15-6-2-4-8-17(15)22/h2-9,14,22H,10-13H2,1H3,(H,20,23). The molecule has 126 valence electrons. The first-order valence-corrected chi connectivity index (χ1v) is 8.16. The third kappa shape index (κ3) is 3.45. The summed E-state index contributed by atoms with van der Waals surface area (Å²) in [6, 6.07) is 14.7. The normalized spacial score (nSPS) is 15.1. The molecular formula is C19H22N2O3. The molecular weight excluding hydrogens is 304 g/mol. The van der Waals surface area contributed by atoms with Gasteiger partial charge in [0.1, 0.15) is 11.5 Å². The lowest BCUT2D eigenvalue weighted by molar-refractivity contribution is 0.0928. The second-order valence-corrected chi connectivity index (χ2v) is 5.92. The Kier molecular flexibility index (Phi) is 4.89. The van der Waals surface area contributed by atoms with Gasteiger partial charge in [0.05, 0.1) is 18.4 Å². The van der Waals surface area contributed by atoms with Crippen molar-refractivity contribution >= 4 is 11.6 Å². The van der Waals surface area contributed by atoms with E-state index >= 15 is 0 Å². The molecule has 2 N–H and O–H groups in total. The van der Waals surface area contributed by atoms with Gasteiger partial charge in [-0.1, -0.05) is 24.3 Å². The highest BCUT2D eigenvalue weighted by atomic mass is 16.5. The summed E-state index contributed by atoms with van der Waals surface area (Å²) in [5.74, 6) is 0.666. The highest BCUT2D eigenvalue weighted by Crippen LogP contribution is 2.30. The van der Waals surface area contributed by atoms with Gasteiger partial charge in [-0.25, -0.2) is 0 Å². The van der Waals surface area contributed by atoms with E-state index in [1.54, 1.807) is 25.3 Å². The van der Waals surface area contributed by atoms with Crippen LogP contribution in [0, 0.1) is 0 Å². The van der Waals surface area contributed by atoms with Crippen LogP contribution in [-0.4, -0.2) is 37.3 Å². The number of methoxy groups -OCH3 is 1. The van der Waals surface area contributed by atoms with Crippen molar-refractivity contribution < 1.29 is 14.6 Å². The van der Waals surface area contributed by atoms with Crippen LogP contribution in [0.5, 0.6) is 11.5 Å². The number of phenols is 1. The van der Waals surface area contributed by atoms with Crippen molar-refractivity contribution in [3.05, 3.63) is 54.1 Å². The topological polar surface area (TPSA) is 61.8 Å². The summed E-state index contributed by atoms with van der Waals surface area (Å²) in [6.07, 6.45) is 1.72. The van der Waals surface area contributed by atoms with Gasteiger partial charge in [-0.15, -0.1) is 0 Å². The average Bonchev–Trinajstić information content (AvgIpc) is 2.62. The van der Waals surface area contributed by atoms with E-state index in [0.29, 0.717) is 5.56 Å². The minimum atomic E-state index is -0.219. The number of nitrogens with zero attached hydrogens (tertiary/aromatic N) is 1. The molecule has 5 nitrogen and oxygen atoms in total. The second kappa shape index (κ2) is 7.25. The third-order valence-electron chi connectivity index (χ3n) is 4.40. The van der Waals surface area contributed by atoms with Crippen molar-refractivity contribution in [3.8, 4) is 11.5 Å². The summed E-state index contributed by atoms with van der Waals surface area (Å²) in [7, 11) is 1.68. The van der Waals surface area contributed by atoms with Crippen LogP contribution in [0.15, 0.2) is 48.5 Å². The lowest BCUT2D eigenvalue weighted by atomic mass is 10.0. The van der Waals surface area contributed by atoms with Gasteiger partial charge in [-0.05, 0) is 37.1 Å². The van der Waals surface area contributed by atoms with Gasteiger partial charge in [0, 0.05) is 19.1 Å². The molecule has 24 heavy (non-hydrogen) atoms. The largest absolute Gasteiger partial charge is 0.507 e. The monoisotopic (exact) mass is 326 g/mol. The van der Waals surface area contributed by atoms with Gasteiger partial charge >= 0.3 is 0 Å². The van der Waals surface area contributed by atoms with Gasteiger partial charge < -0.3 is 20.1 Å². The zero-order valence-electron chi connectivity index (χ0n) is 13.7. The number of carbonyl (C=O) groups excluding carboxylic acids is 1. The molecule has 5 heteroatoms. The maximum atomic E-state index is 12.3. The second-order valence-electron chi connectivity index (χ2n) is 5.92. The quantitative estimate of drug-likeness (QED) is 0.907. The van der Waals surface area contributed by atoms with Crippen molar-refractivity contribution in [2.75, 3.05) is 25.1 Å². The van der Waals surface area contributed by atoms with Crippen molar-refractivity contribution in [1.29, 1.82) is 0 Å². The number of phenolic OH excluding ortho intramolecular Hbond substituents is 1. The van der Waals surface area contributed by atoms with Crippen LogP contribution in [0.2, 0.25) is 0 Å². The van der Waals surface area contributed by atoms with Crippen molar-refractivity contribution in [3.63, 3.8) is 0 Å². The zero-order valence-corrected chi connectivity index (χ0v) is 13.7. The van der Waals surface area contributed by atoms with Crippen molar-refractivity contribution in [2.45, 2.75) is 18.9 Å². The number of hydrogen-bond donors (Lipinski definition) is 2. The molecule has 0 atom stereocenters. The molecule has 0 aromatic heterocycles. The van der Waals surface area contributed by atoms with E-state index in [1.807, 2.05) is 18.2 Å². The number of piperidine rings is 1. The summed E-state index contributed by atoms with van der Waals surface area (Å²) in [6.45, 7) is 1.71. The molecule has 3 rings (SSSR count). The SMILES string of the molecule is COc1ccccc1N1CCC(NC(=O)c2ccccc2O)CC1. The summed E-state index contributed by atoms with van der Waals surface area (Å²) < 4.78 is 5.42. The fourth-order valence-electron chi connectivity index (χ4n) is 3.08. The van der Waals surface area contributed by atoms with Crippen LogP contribution < -0.4 is 15.0 Å². The molecule has 0 saturated carbocycles. The zero-order chi connectivity index (χ0) is 16.9. The van der Waals surface area contributed by atoms with Crippen molar-refractivity contribution in [2.24, 2.45) is 0 Å². The minimum absolute atomic E-state index is 0.0152. The molecule has 0 bridgehead atoms. The Balaban J connectivity index is 1.59. The first kappa shape index (κ1) is 16.2. The molecule has 1 aliphatic heterocycles. The summed E-state index contributed by atoms with van der Waals surface area (Å²) in [5.41, 5.74) is 1.41. The Labute approximate surface area is 141 Å². The van der Waals surface area contributed by atoms with Crippen LogP contribution in [0.1, 0.15) is 23.2 Å². The summed E-state index contributed by atoms with van der Waals surface area (Å²) in [5, 5.41) is 12.8. The number of amides is 1. The Hall–Kier alpha value is -2.69. The number of anilines is 1. The van der Waals surface area contributed by atoms with E-state index in [0.717, 1.165) is 37.4 Å². The molecule has 0 aliphatic carbocycles. The van der Waals surface area contributed by atoms with E-state index in [1.165, 1.54) is 6.07 Å². The number of nitrogens with one attached hydrogen (secondary N) is 1. The number of aromatic hydroxyl groups is 1. The molecule has 1 fully saturated rings. The van der Waals surface area contributed by atoms with Gasteiger partial charge in [0.15, 0.2) is 0 Å². The Morgan fingerprint density at radius 3 is 2.50 bits per heavy atom. The van der Waals surface area contributed by atoms with Gasteiger partial charge in [0.2, 0.25) is 0 Å². The van der Waals surface area contributed by atoms with Crippen LogP contribution in [0.25, 0.3) is 0 Å². The third-order valence-corrected chi connectivity index (χ3v) is 4.40. The van der Waals surface area contributed by atoms with E-state index in [4.69, 9.17) is 4.74 Å². The fraction of sp³-hybridized carbons (Fsp3) is 0.316. The predicted octanol–water partition coefficient (Wildman–Crippen LogP) is 2.80. The number of para-hydroxylation sites is 3. The van der Waals surface area contributed by atoms with Crippen molar-refractivity contribution in [1.82, 2.24) is 5.32 Å². The maximum absolute atomic E-state index is 12.3. The smallest absolute Gasteiger partial charge is 0.255 e. The van der Waals surface area contributed by atoms with E-state index in [9.17, 15) is 9.90 Å². The minimum Gasteiger partial charge on any atom is -0.507 e. The number of rotatable bonds is 4. The predicted molar refractivity (Wildman–Crippen MR) is 93.8 cm³/mol. The number of hydrogen-bond acceptors (Lipinski definition) is 4. The van der Waals surface area contributed by atoms with Crippen LogP contribution >= 0.6 is 0 Å². The Morgan fingerprint density at radius 2 is 1.79 bits per heavy atom. The summed E-state index contributed by atoms with van der Waals surface area (Å²) in [4.78, 5) is 14.6. The number of carbonyl (C=O) groups is 1. The molecule has 1 heterocycles. The lowest BCUT2D eigenvalue weighted by Gasteiger charge is -2.34. The molecule has 0 radical (unpaired) electrons. The average molecular weight is 326 g/mol. The molecule has 2 aromatic rings. The van der Waals surface area contributed by atoms with Gasteiger partial charge in [-0.2, -0.15) is 0 Å². The van der Waals surface area contributed by atoms with E-state index in [2.05, 4.69) is 16.3 Å². The van der Waals surface area contributed by atoms with Gasteiger partial charge in [0.25, 0.3) is 5.91 Å². The fourth-order valence-corrected chi connectivity index (χ4v) is 3.08. The summed E-state index contributed by atoms with van der Waals surface area (Å²) >= 11 is 0. The van der Waals surface area contributed by atoms with E-state index < -0.39 is 0 Å². The maximum Gasteiger partial charge on any atom is 0.255 e. The first-order chi connectivity index (χ1) is 11.7. The Morgan fingerprint density at radius 1 is 1.12 bits per heavy atom. The molecule has 0 unspecified atom stereocenters. The highest BCUT2D eigenvalue weighted by molar-refractivity contribution is 5.96. The number of benzene rings is 2. The Bertz CT molecular complexity index is 709. The lowest BCUT2D eigenvalue weighted by Crippen LogP contribution is -2.44. The first-order valence-electron chi connectivity index (χ1n) is 8.16. The van der Waals surface area contributed by atoms with Crippen LogP contribution in [-0.2, 0) is 0 Å². The molecule has 1 saturated heterocycles. The van der Waals surface area contributed by atoms with Crippen LogP contribution in [0.3, 0.4) is 0 Å². The van der Waals surface area contributed by atoms with Gasteiger partial charge in [-0.3, -0.25) is 4.79 Å². The van der Waals surface area contributed by atoms with Crippen LogP contribution in [0.4, 0.5) is 5.69 Å². The number of ether oxygens (including phenoxy) is 1. The molecule has 2 aromatic carbocycles. The molecule has 1 aliphatic rings. The van der Waals surface area contributed by atoms with E-state index in [-0.39, 0.29) is 17.7 Å². The highest BCUT2D eigenvalue weighted by Gasteiger charge is 2.23. The molecule has 0 spiro atoms. The molecule has 1 amide bonds.